The zero-order valence-corrected chi connectivity index (χ0v) is 8.64. The van der Waals surface area contributed by atoms with Crippen LogP contribution in [-0.4, -0.2) is 23.4 Å². The highest BCUT2D eigenvalue weighted by Gasteiger charge is 2.17. The third-order valence-electron chi connectivity index (χ3n) is 2.33. The zero-order valence-electron chi connectivity index (χ0n) is 8.64. The summed E-state index contributed by atoms with van der Waals surface area (Å²) in [7, 11) is 1.29. The summed E-state index contributed by atoms with van der Waals surface area (Å²) in [5.74, 6) is -1.08. The number of pyridine rings is 1. The summed E-state index contributed by atoms with van der Waals surface area (Å²) in [6, 6.07) is 6.68. The van der Waals surface area contributed by atoms with Crippen LogP contribution in [0.2, 0.25) is 0 Å². The molecule has 0 radical (unpaired) electrons. The van der Waals surface area contributed by atoms with Crippen LogP contribution in [0, 0.1) is 0 Å². The van der Waals surface area contributed by atoms with Crippen LogP contribution < -0.4 is 5.73 Å². The van der Waals surface area contributed by atoms with Crippen molar-refractivity contribution in [2.45, 2.75) is 0 Å². The Morgan fingerprint density at radius 3 is 2.75 bits per heavy atom. The first-order chi connectivity index (χ1) is 7.65. The van der Waals surface area contributed by atoms with Gasteiger partial charge in [-0.15, -0.1) is 0 Å². The van der Waals surface area contributed by atoms with Gasteiger partial charge in [-0.25, -0.2) is 4.79 Å². The predicted molar refractivity (Wildman–Crippen MR) is 57.3 cm³/mol. The molecule has 16 heavy (non-hydrogen) atoms. The van der Waals surface area contributed by atoms with Crippen molar-refractivity contribution < 1.29 is 14.3 Å². The second kappa shape index (κ2) is 3.69. The maximum absolute atomic E-state index is 11.5. The molecule has 82 valence electrons. The molecule has 2 aromatic heterocycles. The number of esters is 1. The number of fused-ring (bicyclic) bond motifs is 1. The lowest BCUT2D eigenvalue weighted by Gasteiger charge is -1.98. The summed E-state index contributed by atoms with van der Waals surface area (Å²) in [5.41, 5.74) is 6.41. The number of nitrogens with two attached hydrogens (primary N) is 1. The summed E-state index contributed by atoms with van der Waals surface area (Å²) in [6.45, 7) is 0. The first-order valence-corrected chi connectivity index (χ1v) is 4.63. The fraction of sp³-hybridized carbons (Fsp3) is 0.0909. The Kier molecular flexibility index (Phi) is 2.36. The van der Waals surface area contributed by atoms with Crippen LogP contribution >= 0.6 is 0 Å². The molecule has 0 saturated carbocycles. The van der Waals surface area contributed by atoms with E-state index in [9.17, 15) is 9.59 Å². The van der Waals surface area contributed by atoms with Gasteiger partial charge in [-0.3, -0.25) is 4.79 Å². The van der Waals surface area contributed by atoms with Gasteiger partial charge in [0.05, 0.1) is 18.2 Å². The second-order valence-electron chi connectivity index (χ2n) is 3.25. The molecule has 0 aromatic carbocycles. The highest BCUT2D eigenvalue weighted by atomic mass is 16.5. The quantitative estimate of drug-likeness (QED) is 0.758. The Bertz CT molecular complexity index is 572. The number of carbonyl (C=O) groups is 2. The van der Waals surface area contributed by atoms with Crippen molar-refractivity contribution in [3.63, 3.8) is 0 Å². The van der Waals surface area contributed by atoms with Crippen molar-refractivity contribution >= 4 is 17.4 Å². The Hall–Kier alpha value is -2.30. The lowest BCUT2D eigenvalue weighted by molar-refractivity contribution is 0.0603. The van der Waals surface area contributed by atoms with Gasteiger partial charge in [0.2, 0.25) is 0 Å². The summed E-state index contributed by atoms with van der Waals surface area (Å²) in [6.07, 6.45) is 1.67. The van der Waals surface area contributed by atoms with Crippen molar-refractivity contribution in [3.05, 3.63) is 41.7 Å². The number of hydrogen-bond donors (Lipinski definition) is 1. The van der Waals surface area contributed by atoms with E-state index in [1.54, 1.807) is 28.8 Å². The van der Waals surface area contributed by atoms with Crippen LogP contribution in [0.3, 0.4) is 0 Å². The van der Waals surface area contributed by atoms with Gasteiger partial charge in [0, 0.05) is 6.20 Å². The van der Waals surface area contributed by atoms with Gasteiger partial charge in [-0.05, 0) is 18.2 Å². The topological polar surface area (TPSA) is 73.8 Å². The molecule has 0 aliphatic heterocycles. The summed E-state index contributed by atoms with van der Waals surface area (Å²) >= 11 is 0. The minimum atomic E-state index is -0.587. The van der Waals surface area contributed by atoms with Gasteiger partial charge in [0.1, 0.15) is 5.69 Å². The smallest absolute Gasteiger partial charge is 0.340 e. The van der Waals surface area contributed by atoms with E-state index in [4.69, 9.17) is 5.73 Å². The zero-order chi connectivity index (χ0) is 11.7. The van der Waals surface area contributed by atoms with E-state index < -0.39 is 11.9 Å². The van der Waals surface area contributed by atoms with Crippen LogP contribution in [0.4, 0.5) is 0 Å². The van der Waals surface area contributed by atoms with Crippen molar-refractivity contribution in [1.29, 1.82) is 0 Å². The number of ether oxygens (including phenoxy) is 1. The number of aromatic nitrogens is 1. The molecule has 0 spiro atoms. The standard InChI is InChI=1S/C11H10N2O3/c1-16-11(15)7-6-9(10(12)14)13-5-3-2-4-8(7)13/h2-6H,1H3,(H2,12,14). The fourth-order valence-corrected chi connectivity index (χ4v) is 1.62. The van der Waals surface area contributed by atoms with E-state index in [1.807, 2.05) is 0 Å². The van der Waals surface area contributed by atoms with Crippen LogP contribution in [-0.2, 0) is 4.74 Å². The van der Waals surface area contributed by atoms with Gasteiger partial charge >= 0.3 is 5.97 Å². The molecule has 2 N–H and O–H groups in total. The Balaban J connectivity index is 2.76. The van der Waals surface area contributed by atoms with Crippen molar-refractivity contribution in [2.24, 2.45) is 5.73 Å². The van der Waals surface area contributed by atoms with Gasteiger partial charge in [0.25, 0.3) is 5.91 Å². The van der Waals surface area contributed by atoms with Gasteiger partial charge in [-0.2, -0.15) is 0 Å². The molecule has 0 saturated heterocycles. The van der Waals surface area contributed by atoms with E-state index in [-0.39, 0.29) is 5.69 Å². The predicted octanol–water partition coefficient (Wildman–Crippen LogP) is 0.825. The average Bonchev–Trinajstić information content (AvgIpc) is 2.67. The van der Waals surface area contributed by atoms with E-state index in [2.05, 4.69) is 4.74 Å². The molecule has 0 unspecified atom stereocenters. The molecular weight excluding hydrogens is 208 g/mol. The van der Waals surface area contributed by atoms with Crippen LogP contribution in [0.5, 0.6) is 0 Å². The number of primary amides is 1. The fourth-order valence-electron chi connectivity index (χ4n) is 1.62. The molecule has 5 nitrogen and oxygen atoms in total. The van der Waals surface area contributed by atoms with Crippen molar-refractivity contribution in [1.82, 2.24) is 4.40 Å². The first-order valence-electron chi connectivity index (χ1n) is 4.63. The maximum atomic E-state index is 11.5. The van der Waals surface area contributed by atoms with E-state index in [0.29, 0.717) is 11.1 Å². The largest absolute Gasteiger partial charge is 0.465 e. The molecule has 2 heterocycles. The molecule has 5 heteroatoms. The molecular formula is C11H10N2O3. The van der Waals surface area contributed by atoms with Crippen molar-refractivity contribution in [2.75, 3.05) is 7.11 Å². The first kappa shape index (κ1) is 10.2. The molecule has 0 aliphatic carbocycles. The highest BCUT2D eigenvalue weighted by molar-refractivity contribution is 6.02. The minimum absolute atomic E-state index is 0.260. The average molecular weight is 218 g/mol. The molecule has 0 bridgehead atoms. The third kappa shape index (κ3) is 1.42. The van der Waals surface area contributed by atoms with Crippen molar-refractivity contribution in [3.8, 4) is 0 Å². The normalized spacial score (nSPS) is 10.3. The number of nitrogens with zero attached hydrogens (tertiary/aromatic N) is 1. The van der Waals surface area contributed by atoms with Gasteiger partial charge in [0.15, 0.2) is 0 Å². The second-order valence-corrected chi connectivity index (χ2v) is 3.25. The highest BCUT2D eigenvalue weighted by Crippen LogP contribution is 2.17. The van der Waals surface area contributed by atoms with Gasteiger partial charge < -0.3 is 14.9 Å². The summed E-state index contributed by atoms with van der Waals surface area (Å²) in [4.78, 5) is 22.7. The monoisotopic (exact) mass is 218 g/mol. The number of hydrogen-bond acceptors (Lipinski definition) is 3. The maximum Gasteiger partial charge on any atom is 0.340 e. The minimum Gasteiger partial charge on any atom is -0.465 e. The Labute approximate surface area is 91.4 Å². The lowest BCUT2D eigenvalue weighted by atomic mass is 10.2. The number of methoxy groups -OCH3 is 1. The molecule has 0 aliphatic rings. The van der Waals surface area contributed by atoms with Crippen LogP contribution in [0.15, 0.2) is 30.5 Å². The van der Waals surface area contributed by atoms with Gasteiger partial charge in [-0.1, -0.05) is 6.07 Å². The molecule has 2 aromatic rings. The molecule has 0 atom stereocenters. The van der Waals surface area contributed by atoms with E-state index in [1.165, 1.54) is 13.2 Å². The molecule has 0 fully saturated rings. The lowest BCUT2D eigenvalue weighted by Crippen LogP contribution is -2.13. The Morgan fingerprint density at radius 1 is 1.38 bits per heavy atom. The van der Waals surface area contributed by atoms with E-state index in [0.717, 1.165) is 0 Å². The number of carbonyl (C=O) groups excluding carboxylic acids is 2. The SMILES string of the molecule is COC(=O)c1cc(C(N)=O)n2ccccc12. The van der Waals surface area contributed by atoms with Crippen LogP contribution in [0.1, 0.15) is 20.8 Å². The third-order valence-corrected chi connectivity index (χ3v) is 2.33. The van der Waals surface area contributed by atoms with E-state index >= 15 is 0 Å². The number of amides is 1. The summed E-state index contributed by atoms with van der Waals surface area (Å²) < 4.78 is 6.20. The summed E-state index contributed by atoms with van der Waals surface area (Å²) in [5, 5.41) is 0. The number of rotatable bonds is 2. The Morgan fingerprint density at radius 2 is 2.12 bits per heavy atom. The molecule has 1 amide bonds. The molecule has 2 rings (SSSR count). The van der Waals surface area contributed by atoms with Crippen LogP contribution in [0.25, 0.3) is 5.52 Å².